The van der Waals surface area contributed by atoms with Gasteiger partial charge in [-0.25, -0.2) is 4.98 Å². The Morgan fingerprint density at radius 1 is 1.17 bits per heavy atom. The van der Waals surface area contributed by atoms with Crippen LogP contribution in [0.1, 0.15) is 5.56 Å². The Morgan fingerprint density at radius 2 is 1.88 bits per heavy atom. The van der Waals surface area contributed by atoms with E-state index in [1.807, 2.05) is 24.3 Å². The maximum absolute atomic E-state index is 12.2. The lowest BCUT2D eigenvalue weighted by molar-refractivity contribution is -0.115. The molecule has 1 aromatic heterocycles. The summed E-state index contributed by atoms with van der Waals surface area (Å²) in [5, 5.41) is 4.05. The van der Waals surface area contributed by atoms with Crippen LogP contribution in [0, 0.1) is 0 Å². The van der Waals surface area contributed by atoms with Crippen LogP contribution < -0.4 is 14.8 Å². The van der Waals surface area contributed by atoms with Gasteiger partial charge in [0.25, 0.3) is 0 Å². The van der Waals surface area contributed by atoms with Crippen molar-refractivity contribution in [1.29, 1.82) is 0 Å². The van der Waals surface area contributed by atoms with Crippen molar-refractivity contribution < 1.29 is 14.3 Å². The summed E-state index contributed by atoms with van der Waals surface area (Å²) in [6, 6.07) is 11.0. The Labute approximate surface area is 147 Å². The van der Waals surface area contributed by atoms with Gasteiger partial charge in [-0.1, -0.05) is 35.1 Å². The third kappa shape index (κ3) is 3.16. The average molecular weight is 361 g/mol. The SMILES string of the molecule is O=C(Cc1ccc(Cl)cc1)Nc1nc2cc3c(cc2s1)OCCO3. The number of carbonyl (C=O) groups is 1. The summed E-state index contributed by atoms with van der Waals surface area (Å²) in [5.41, 5.74) is 1.68. The van der Waals surface area contributed by atoms with Crippen LogP contribution in [-0.4, -0.2) is 24.1 Å². The monoisotopic (exact) mass is 360 g/mol. The lowest BCUT2D eigenvalue weighted by atomic mass is 10.1. The number of nitrogens with one attached hydrogen (secondary N) is 1. The first-order chi connectivity index (χ1) is 11.7. The van der Waals surface area contributed by atoms with E-state index in [9.17, 15) is 4.79 Å². The maximum atomic E-state index is 12.2. The molecule has 1 N–H and O–H groups in total. The molecular weight excluding hydrogens is 348 g/mol. The Balaban J connectivity index is 1.51. The second kappa shape index (κ2) is 6.30. The number of hydrogen-bond acceptors (Lipinski definition) is 5. The number of ether oxygens (including phenoxy) is 2. The molecule has 0 bridgehead atoms. The van der Waals surface area contributed by atoms with Crippen LogP contribution in [0.25, 0.3) is 10.2 Å². The molecule has 0 unspecified atom stereocenters. The zero-order valence-electron chi connectivity index (χ0n) is 12.5. The summed E-state index contributed by atoms with van der Waals surface area (Å²) < 4.78 is 12.1. The molecule has 2 heterocycles. The molecule has 0 saturated heterocycles. The minimum Gasteiger partial charge on any atom is -0.486 e. The smallest absolute Gasteiger partial charge is 0.230 e. The van der Waals surface area contributed by atoms with Gasteiger partial charge < -0.3 is 14.8 Å². The quantitative estimate of drug-likeness (QED) is 0.769. The lowest BCUT2D eigenvalue weighted by Crippen LogP contribution is -2.15. The largest absolute Gasteiger partial charge is 0.486 e. The molecule has 1 aliphatic rings. The number of halogens is 1. The first kappa shape index (κ1) is 15.2. The highest BCUT2D eigenvalue weighted by atomic mass is 35.5. The molecule has 0 aliphatic carbocycles. The van der Waals surface area contributed by atoms with Crippen molar-refractivity contribution in [3.8, 4) is 11.5 Å². The highest BCUT2D eigenvalue weighted by Crippen LogP contribution is 2.37. The molecule has 0 fully saturated rings. The van der Waals surface area contributed by atoms with Crippen LogP contribution in [-0.2, 0) is 11.2 Å². The minimum absolute atomic E-state index is 0.117. The molecule has 5 nitrogen and oxygen atoms in total. The second-order valence-corrected chi connectivity index (χ2v) is 6.80. The molecule has 2 aromatic carbocycles. The number of hydrogen-bond donors (Lipinski definition) is 1. The Morgan fingerprint density at radius 3 is 2.62 bits per heavy atom. The maximum Gasteiger partial charge on any atom is 0.230 e. The van der Waals surface area contributed by atoms with E-state index in [0.717, 1.165) is 21.5 Å². The van der Waals surface area contributed by atoms with Gasteiger partial charge in [-0.15, -0.1) is 0 Å². The van der Waals surface area contributed by atoms with Crippen molar-refractivity contribution >= 4 is 44.2 Å². The fourth-order valence-electron chi connectivity index (χ4n) is 2.47. The topological polar surface area (TPSA) is 60.5 Å². The van der Waals surface area contributed by atoms with Crippen LogP contribution in [0.2, 0.25) is 5.02 Å². The van der Waals surface area contributed by atoms with Crippen LogP contribution >= 0.6 is 22.9 Å². The van der Waals surface area contributed by atoms with Gasteiger partial charge in [0.2, 0.25) is 5.91 Å². The summed E-state index contributed by atoms with van der Waals surface area (Å²) in [4.78, 5) is 16.6. The number of aromatic nitrogens is 1. The normalized spacial score (nSPS) is 13.0. The van der Waals surface area contributed by atoms with Gasteiger partial charge >= 0.3 is 0 Å². The van der Waals surface area contributed by atoms with Gasteiger partial charge in [-0.3, -0.25) is 4.79 Å². The van der Waals surface area contributed by atoms with E-state index in [4.69, 9.17) is 21.1 Å². The van der Waals surface area contributed by atoms with E-state index < -0.39 is 0 Å². The van der Waals surface area contributed by atoms with E-state index in [0.29, 0.717) is 29.1 Å². The van der Waals surface area contributed by atoms with Gasteiger partial charge in [0.15, 0.2) is 16.6 Å². The highest BCUT2D eigenvalue weighted by Gasteiger charge is 2.16. The summed E-state index contributed by atoms with van der Waals surface area (Å²) in [6.45, 7) is 1.08. The zero-order chi connectivity index (χ0) is 16.5. The molecule has 0 radical (unpaired) electrons. The molecule has 122 valence electrons. The van der Waals surface area contributed by atoms with E-state index in [1.54, 1.807) is 12.1 Å². The molecular formula is C17H13ClN2O3S. The molecule has 1 amide bonds. The van der Waals surface area contributed by atoms with Crippen molar-refractivity contribution in [2.75, 3.05) is 18.5 Å². The van der Waals surface area contributed by atoms with Gasteiger partial charge in [0.05, 0.1) is 16.6 Å². The third-order valence-electron chi connectivity index (χ3n) is 3.58. The van der Waals surface area contributed by atoms with E-state index in [1.165, 1.54) is 11.3 Å². The third-order valence-corrected chi connectivity index (χ3v) is 4.76. The second-order valence-electron chi connectivity index (χ2n) is 5.33. The van der Waals surface area contributed by atoms with Crippen LogP contribution in [0.3, 0.4) is 0 Å². The minimum atomic E-state index is -0.117. The molecule has 0 atom stereocenters. The summed E-state index contributed by atoms with van der Waals surface area (Å²) in [6.07, 6.45) is 0.274. The number of benzene rings is 2. The van der Waals surface area contributed by atoms with Crippen molar-refractivity contribution in [3.05, 3.63) is 47.0 Å². The number of rotatable bonds is 3. The highest BCUT2D eigenvalue weighted by molar-refractivity contribution is 7.22. The molecule has 0 spiro atoms. The van der Waals surface area contributed by atoms with Crippen LogP contribution in [0.5, 0.6) is 11.5 Å². The van der Waals surface area contributed by atoms with E-state index in [-0.39, 0.29) is 12.3 Å². The van der Waals surface area contributed by atoms with Crippen molar-refractivity contribution in [1.82, 2.24) is 4.98 Å². The molecule has 4 rings (SSSR count). The average Bonchev–Trinajstić information content (AvgIpc) is 2.95. The van der Waals surface area contributed by atoms with Crippen LogP contribution in [0.4, 0.5) is 5.13 Å². The fourth-order valence-corrected chi connectivity index (χ4v) is 3.49. The standard InChI is InChI=1S/C17H13ClN2O3S/c18-11-3-1-10(2-4-11)7-16(21)20-17-19-12-8-13-14(9-15(12)24-17)23-6-5-22-13/h1-4,8-9H,5-7H2,(H,19,20,21). The number of carbonyl (C=O) groups excluding carboxylic acids is 1. The Kier molecular flexibility index (Phi) is 4.00. The van der Waals surface area contributed by atoms with E-state index in [2.05, 4.69) is 10.3 Å². The number of anilines is 1. The fraction of sp³-hybridized carbons (Fsp3) is 0.176. The van der Waals surface area contributed by atoms with Gasteiger partial charge in [0.1, 0.15) is 13.2 Å². The zero-order valence-corrected chi connectivity index (χ0v) is 14.1. The number of amides is 1. The molecule has 1 aliphatic heterocycles. The van der Waals surface area contributed by atoms with Crippen molar-refractivity contribution in [3.63, 3.8) is 0 Å². The molecule has 7 heteroatoms. The Hall–Kier alpha value is -2.31. The predicted octanol–water partition coefficient (Wildman–Crippen LogP) is 3.90. The number of thiazole rings is 1. The molecule has 3 aromatic rings. The number of nitrogens with zero attached hydrogens (tertiary/aromatic N) is 1. The molecule has 24 heavy (non-hydrogen) atoms. The summed E-state index contributed by atoms with van der Waals surface area (Å²) in [7, 11) is 0. The van der Waals surface area contributed by atoms with Gasteiger partial charge in [-0.2, -0.15) is 0 Å². The number of fused-ring (bicyclic) bond motifs is 2. The van der Waals surface area contributed by atoms with Gasteiger partial charge in [0, 0.05) is 17.2 Å². The summed E-state index contributed by atoms with van der Waals surface area (Å²) >= 11 is 7.26. The summed E-state index contributed by atoms with van der Waals surface area (Å²) in [5.74, 6) is 1.29. The van der Waals surface area contributed by atoms with E-state index >= 15 is 0 Å². The predicted molar refractivity (Wildman–Crippen MR) is 94.4 cm³/mol. The first-order valence-electron chi connectivity index (χ1n) is 7.42. The van der Waals surface area contributed by atoms with Crippen molar-refractivity contribution in [2.24, 2.45) is 0 Å². The van der Waals surface area contributed by atoms with Crippen LogP contribution in [0.15, 0.2) is 36.4 Å². The first-order valence-corrected chi connectivity index (χ1v) is 8.61. The van der Waals surface area contributed by atoms with Gasteiger partial charge in [-0.05, 0) is 17.7 Å². The van der Waals surface area contributed by atoms with Crippen molar-refractivity contribution in [2.45, 2.75) is 6.42 Å². The Bertz CT molecular complexity index is 865. The lowest BCUT2D eigenvalue weighted by Gasteiger charge is -2.17. The molecule has 0 saturated carbocycles.